The van der Waals surface area contributed by atoms with Gasteiger partial charge in [0.15, 0.2) is 0 Å². The minimum absolute atomic E-state index is 0.544. The van der Waals surface area contributed by atoms with Gasteiger partial charge in [0.2, 0.25) is 0 Å². The van der Waals surface area contributed by atoms with Gasteiger partial charge in [-0.2, -0.15) is 0 Å². The van der Waals surface area contributed by atoms with Crippen LogP contribution in [-0.4, -0.2) is 16.6 Å². The third kappa shape index (κ3) is 2.56. The molecular weight excluding hydrogens is 104 g/mol. The smallest absolute Gasteiger partial charge is 0.123 e. The van der Waals surface area contributed by atoms with E-state index in [1.54, 1.807) is 13.8 Å². The maximum Gasteiger partial charge on any atom is 0.123 e. The van der Waals surface area contributed by atoms with Crippen LogP contribution in [0.25, 0.3) is 0 Å². The van der Waals surface area contributed by atoms with Crippen molar-refractivity contribution in [3.8, 4) is 0 Å². The van der Waals surface area contributed by atoms with Crippen molar-refractivity contribution in [2.75, 3.05) is 0 Å². The number of carbonyl (C=O) groups excluding carboxylic acids is 1. The SMILES string of the molecule is CCC(C)(O)C=C=O. The third-order valence-electron chi connectivity index (χ3n) is 1.09. The zero-order valence-corrected chi connectivity index (χ0v) is 5.14. The van der Waals surface area contributed by atoms with Crippen LogP contribution >= 0.6 is 0 Å². The molecule has 46 valence electrons. The molecule has 0 aliphatic heterocycles. The fraction of sp³-hybridized carbons (Fsp3) is 0.667. The average molecular weight is 114 g/mol. The first-order valence-electron chi connectivity index (χ1n) is 2.57. The van der Waals surface area contributed by atoms with Gasteiger partial charge in [0.1, 0.15) is 5.94 Å². The molecule has 0 aromatic heterocycles. The van der Waals surface area contributed by atoms with Crippen LogP contribution in [0.3, 0.4) is 0 Å². The van der Waals surface area contributed by atoms with E-state index >= 15 is 0 Å². The van der Waals surface area contributed by atoms with E-state index in [1.807, 2.05) is 0 Å². The molecule has 0 heterocycles. The van der Waals surface area contributed by atoms with Gasteiger partial charge in [-0.25, -0.2) is 4.79 Å². The molecule has 1 atom stereocenters. The molecule has 0 fully saturated rings. The maximum absolute atomic E-state index is 9.64. The fourth-order valence-electron chi connectivity index (χ4n) is 0.229. The molecule has 2 nitrogen and oxygen atoms in total. The summed E-state index contributed by atoms with van der Waals surface area (Å²) in [4.78, 5) is 9.64. The van der Waals surface area contributed by atoms with E-state index < -0.39 is 5.60 Å². The minimum atomic E-state index is -0.957. The third-order valence-corrected chi connectivity index (χ3v) is 1.09. The van der Waals surface area contributed by atoms with Crippen molar-refractivity contribution in [3.05, 3.63) is 6.08 Å². The summed E-state index contributed by atoms with van der Waals surface area (Å²) in [6.07, 6.45) is 1.66. The predicted octanol–water partition coefficient (Wildman–Crippen LogP) is 0.535. The van der Waals surface area contributed by atoms with Gasteiger partial charge in [0, 0.05) is 6.08 Å². The lowest BCUT2D eigenvalue weighted by Gasteiger charge is -2.12. The lowest BCUT2D eigenvalue weighted by Crippen LogP contribution is -2.18. The molecule has 1 N–H and O–H groups in total. The normalized spacial score (nSPS) is 16.4. The lowest BCUT2D eigenvalue weighted by molar-refractivity contribution is 0.109. The van der Waals surface area contributed by atoms with E-state index in [4.69, 9.17) is 5.11 Å². The van der Waals surface area contributed by atoms with Crippen molar-refractivity contribution in [2.45, 2.75) is 25.9 Å². The zero-order chi connectivity index (χ0) is 6.62. The van der Waals surface area contributed by atoms with E-state index in [1.165, 1.54) is 5.94 Å². The molecule has 0 aromatic rings. The molecule has 0 saturated heterocycles. The highest BCUT2D eigenvalue weighted by atomic mass is 16.3. The summed E-state index contributed by atoms with van der Waals surface area (Å²) in [5, 5.41) is 9.01. The standard InChI is InChI=1S/C6H10O2/c1-3-6(2,8)4-5-7/h4,8H,3H2,1-2H3. The summed E-state index contributed by atoms with van der Waals surface area (Å²) < 4.78 is 0. The molecule has 0 aliphatic carbocycles. The summed E-state index contributed by atoms with van der Waals surface area (Å²) in [6, 6.07) is 0. The van der Waals surface area contributed by atoms with Crippen LogP contribution in [0.4, 0.5) is 0 Å². The Bertz CT molecular complexity index is 110. The van der Waals surface area contributed by atoms with Gasteiger partial charge in [-0.15, -0.1) is 0 Å². The highest BCUT2D eigenvalue weighted by Crippen LogP contribution is 2.06. The Morgan fingerprint density at radius 2 is 2.38 bits per heavy atom. The number of aliphatic hydroxyl groups is 1. The van der Waals surface area contributed by atoms with Gasteiger partial charge in [0.05, 0.1) is 5.60 Å². The Balaban J connectivity index is 3.90. The van der Waals surface area contributed by atoms with Crippen molar-refractivity contribution < 1.29 is 9.90 Å². The molecule has 0 saturated carbocycles. The molecule has 1 unspecified atom stereocenters. The molecule has 0 amide bonds. The van der Waals surface area contributed by atoms with Crippen LogP contribution < -0.4 is 0 Å². The van der Waals surface area contributed by atoms with Gasteiger partial charge in [-0.3, -0.25) is 0 Å². The molecule has 0 radical (unpaired) electrons. The monoisotopic (exact) mass is 114 g/mol. The molecule has 0 rings (SSSR count). The first kappa shape index (κ1) is 7.41. The van der Waals surface area contributed by atoms with Crippen LogP contribution in [0.5, 0.6) is 0 Å². The summed E-state index contributed by atoms with van der Waals surface area (Å²) in [7, 11) is 0. The highest BCUT2D eigenvalue weighted by molar-refractivity contribution is 5.47. The first-order valence-corrected chi connectivity index (χ1v) is 2.57. The van der Waals surface area contributed by atoms with E-state index in [9.17, 15) is 4.79 Å². The molecule has 8 heavy (non-hydrogen) atoms. The summed E-state index contributed by atoms with van der Waals surface area (Å²) in [5.74, 6) is 1.53. The molecule has 0 bridgehead atoms. The molecule has 0 aliphatic rings. The van der Waals surface area contributed by atoms with Gasteiger partial charge < -0.3 is 5.11 Å². The number of hydrogen-bond acceptors (Lipinski definition) is 2. The van der Waals surface area contributed by atoms with Crippen LogP contribution in [0.1, 0.15) is 20.3 Å². The average Bonchev–Trinajstić information content (AvgIpc) is 1.67. The Hall–Kier alpha value is -0.590. The Kier molecular flexibility index (Phi) is 2.46. The highest BCUT2D eigenvalue weighted by Gasteiger charge is 2.11. The van der Waals surface area contributed by atoms with Crippen molar-refractivity contribution >= 4 is 5.94 Å². The van der Waals surface area contributed by atoms with E-state index in [0.717, 1.165) is 6.08 Å². The van der Waals surface area contributed by atoms with Crippen LogP contribution in [-0.2, 0) is 4.79 Å². The van der Waals surface area contributed by atoms with Crippen molar-refractivity contribution in [3.63, 3.8) is 0 Å². The van der Waals surface area contributed by atoms with Gasteiger partial charge >= 0.3 is 0 Å². The zero-order valence-electron chi connectivity index (χ0n) is 5.14. The van der Waals surface area contributed by atoms with Crippen molar-refractivity contribution in [1.29, 1.82) is 0 Å². The molecule has 0 spiro atoms. The topological polar surface area (TPSA) is 37.3 Å². The predicted molar refractivity (Wildman–Crippen MR) is 31.2 cm³/mol. The van der Waals surface area contributed by atoms with Crippen molar-refractivity contribution in [1.82, 2.24) is 0 Å². The van der Waals surface area contributed by atoms with Crippen molar-refractivity contribution in [2.24, 2.45) is 0 Å². The second-order valence-electron chi connectivity index (χ2n) is 1.97. The van der Waals surface area contributed by atoms with Gasteiger partial charge in [-0.1, -0.05) is 6.92 Å². The Morgan fingerprint density at radius 1 is 1.88 bits per heavy atom. The lowest BCUT2D eigenvalue weighted by atomic mass is 10.1. The second-order valence-corrected chi connectivity index (χ2v) is 1.97. The fourth-order valence-corrected chi connectivity index (χ4v) is 0.229. The van der Waals surface area contributed by atoms with Gasteiger partial charge in [0.25, 0.3) is 0 Å². The van der Waals surface area contributed by atoms with Crippen LogP contribution in [0.15, 0.2) is 6.08 Å². The van der Waals surface area contributed by atoms with Crippen LogP contribution in [0.2, 0.25) is 0 Å². The van der Waals surface area contributed by atoms with E-state index in [0.29, 0.717) is 6.42 Å². The molecule has 2 heteroatoms. The second kappa shape index (κ2) is 2.65. The maximum atomic E-state index is 9.64. The summed E-state index contributed by atoms with van der Waals surface area (Å²) in [5.41, 5.74) is -0.957. The van der Waals surface area contributed by atoms with Crippen LogP contribution in [0, 0.1) is 0 Å². The Labute approximate surface area is 48.8 Å². The Morgan fingerprint density at radius 3 is 2.50 bits per heavy atom. The number of rotatable bonds is 2. The largest absolute Gasteiger partial charge is 0.385 e. The van der Waals surface area contributed by atoms with E-state index in [-0.39, 0.29) is 0 Å². The molecular formula is C6H10O2. The summed E-state index contributed by atoms with van der Waals surface area (Å²) >= 11 is 0. The quantitative estimate of drug-likeness (QED) is 0.532. The van der Waals surface area contributed by atoms with Gasteiger partial charge in [-0.05, 0) is 13.3 Å². The molecule has 0 aromatic carbocycles. The number of hydrogen-bond donors (Lipinski definition) is 1. The van der Waals surface area contributed by atoms with E-state index in [2.05, 4.69) is 0 Å². The summed E-state index contributed by atoms with van der Waals surface area (Å²) in [6.45, 7) is 3.37. The first-order chi connectivity index (χ1) is 3.62. The minimum Gasteiger partial charge on any atom is -0.385 e.